The highest BCUT2D eigenvalue weighted by molar-refractivity contribution is 5.69. The Hall–Kier alpha value is -1.28. The van der Waals surface area contributed by atoms with Crippen molar-refractivity contribution in [3.8, 4) is 5.75 Å². The second kappa shape index (κ2) is 5.56. The van der Waals surface area contributed by atoms with E-state index in [4.69, 9.17) is 9.84 Å². The number of aryl methyl sites for hydroxylation is 1. The summed E-state index contributed by atoms with van der Waals surface area (Å²) in [6, 6.07) is 6.14. The van der Waals surface area contributed by atoms with Gasteiger partial charge in [-0.15, -0.1) is 0 Å². The lowest BCUT2D eigenvalue weighted by molar-refractivity contribution is 0.302. The number of aliphatic hydroxyl groups excluding tert-OH is 1. The zero-order chi connectivity index (χ0) is 11.3. The molecule has 0 saturated heterocycles. The molecule has 2 heteroatoms. The smallest absolute Gasteiger partial charge is 0.126 e. The van der Waals surface area contributed by atoms with Crippen LogP contribution >= 0.6 is 0 Å². The summed E-state index contributed by atoms with van der Waals surface area (Å²) in [7, 11) is 1.68. The standard InChI is InChI=1S/C13H18O2/c1-10-6-7-12(13(9-10)15-3)11(2)5-4-8-14/h5-7,9,14H,4,8H2,1-3H3. The summed E-state index contributed by atoms with van der Waals surface area (Å²) in [6.07, 6.45) is 2.70. The van der Waals surface area contributed by atoms with Gasteiger partial charge < -0.3 is 9.84 Å². The Labute approximate surface area is 91.2 Å². The Kier molecular flexibility index (Phi) is 4.37. The molecule has 0 spiro atoms. The maximum atomic E-state index is 8.76. The second-order valence-electron chi connectivity index (χ2n) is 3.60. The quantitative estimate of drug-likeness (QED) is 0.820. The molecular formula is C13H18O2. The topological polar surface area (TPSA) is 29.5 Å². The van der Waals surface area contributed by atoms with Crippen LogP contribution in [-0.2, 0) is 0 Å². The molecule has 1 rings (SSSR count). The first-order valence-corrected chi connectivity index (χ1v) is 5.11. The molecule has 0 aliphatic heterocycles. The third kappa shape index (κ3) is 3.10. The number of ether oxygens (including phenoxy) is 1. The van der Waals surface area contributed by atoms with Gasteiger partial charge in [0.2, 0.25) is 0 Å². The molecule has 82 valence electrons. The third-order valence-corrected chi connectivity index (χ3v) is 2.36. The number of aliphatic hydroxyl groups is 1. The molecule has 0 atom stereocenters. The zero-order valence-corrected chi connectivity index (χ0v) is 9.58. The molecule has 2 nitrogen and oxygen atoms in total. The van der Waals surface area contributed by atoms with Crippen molar-refractivity contribution in [2.45, 2.75) is 20.3 Å². The highest BCUT2D eigenvalue weighted by Gasteiger charge is 2.04. The molecule has 0 bridgehead atoms. The normalized spacial score (nSPS) is 11.6. The van der Waals surface area contributed by atoms with Crippen LogP contribution in [0.1, 0.15) is 24.5 Å². The average molecular weight is 206 g/mol. The molecule has 0 heterocycles. The molecule has 0 amide bonds. The lowest BCUT2D eigenvalue weighted by atomic mass is 10.0. The van der Waals surface area contributed by atoms with E-state index in [-0.39, 0.29) is 6.61 Å². The van der Waals surface area contributed by atoms with Crippen LogP contribution in [0.25, 0.3) is 5.57 Å². The number of rotatable bonds is 4. The Morgan fingerprint density at radius 1 is 1.47 bits per heavy atom. The summed E-state index contributed by atoms with van der Waals surface area (Å²) in [4.78, 5) is 0. The molecule has 15 heavy (non-hydrogen) atoms. The van der Waals surface area contributed by atoms with Gasteiger partial charge in [-0.05, 0) is 37.5 Å². The largest absolute Gasteiger partial charge is 0.496 e. The summed E-state index contributed by atoms with van der Waals surface area (Å²) < 4.78 is 5.32. The van der Waals surface area contributed by atoms with Crippen LogP contribution in [0.15, 0.2) is 24.3 Å². The first kappa shape index (κ1) is 11.8. The van der Waals surface area contributed by atoms with Crippen molar-refractivity contribution in [1.29, 1.82) is 0 Å². The van der Waals surface area contributed by atoms with Crippen molar-refractivity contribution >= 4 is 5.57 Å². The number of allylic oxidation sites excluding steroid dienone is 1. The Balaban J connectivity index is 3.02. The van der Waals surface area contributed by atoms with Gasteiger partial charge in [0.15, 0.2) is 0 Å². The van der Waals surface area contributed by atoms with E-state index in [2.05, 4.69) is 12.1 Å². The summed E-state index contributed by atoms with van der Waals surface area (Å²) in [5.74, 6) is 0.890. The van der Waals surface area contributed by atoms with Crippen molar-refractivity contribution in [2.24, 2.45) is 0 Å². The van der Waals surface area contributed by atoms with Gasteiger partial charge in [0, 0.05) is 12.2 Å². The summed E-state index contributed by atoms with van der Waals surface area (Å²) in [5, 5.41) is 8.76. The van der Waals surface area contributed by atoms with Gasteiger partial charge in [-0.1, -0.05) is 18.2 Å². The molecule has 0 saturated carbocycles. The maximum Gasteiger partial charge on any atom is 0.126 e. The number of benzene rings is 1. The third-order valence-electron chi connectivity index (χ3n) is 2.36. The molecule has 0 radical (unpaired) electrons. The fourth-order valence-electron chi connectivity index (χ4n) is 1.52. The van der Waals surface area contributed by atoms with E-state index in [1.54, 1.807) is 7.11 Å². The second-order valence-corrected chi connectivity index (χ2v) is 3.60. The van der Waals surface area contributed by atoms with Gasteiger partial charge in [0.25, 0.3) is 0 Å². The zero-order valence-electron chi connectivity index (χ0n) is 9.58. The van der Waals surface area contributed by atoms with Crippen molar-refractivity contribution in [3.63, 3.8) is 0 Å². The van der Waals surface area contributed by atoms with Crippen LogP contribution in [-0.4, -0.2) is 18.8 Å². The minimum absolute atomic E-state index is 0.186. The van der Waals surface area contributed by atoms with E-state index in [1.165, 1.54) is 5.56 Å². The van der Waals surface area contributed by atoms with Crippen molar-refractivity contribution in [2.75, 3.05) is 13.7 Å². The van der Waals surface area contributed by atoms with E-state index in [1.807, 2.05) is 26.0 Å². The molecule has 0 aliphatic carbocycles. The summed E-state index contributed by atoms with van der Waals surface area (Å²) in [5.41, 5.74) is 3.42. The van der Waals surface area contributed by atoms with E-state index in [9.17, 15) is 0 Å². The van der Waals surface area contributed by atoms with Gasteiger partial charge in [-0.25, -0.2) is 0 Å². The fraction of sp³-hybridized carbons (Fsp3) is 0.385. The molecule has 0 fully saturated rings. The van der Waals surface area contributed by atoms with Crippen molar-refractivity contribution in [1.82, 2.24) is 0 Å². The number of hydrogen-bond acceptors (Lipinski definition) is 2. The highest BCUT2D eigenvalue weighted by atomic mass is 16.5. The van der Waals surface area contributed by atoms with Gasteiger partial charge in [-0.3, -0.25) is 0 Å². The average Bonchev–Trinajstić information content (AvgIpc) is 2.25. The van der Waals surface area contributed by atoms with Gasteiger partial charge >= 0.3 is 0 Å². The van der Waals surface area contributed by atoms with E-state index >= 15 is 0 Å². The Morgan fingerprint density at radius 3 is 2.80 bits per heavy atom. The van der Waals surface area contributed by atoms with Crippen molar-refractivity contribution in [3.05, 3.63) is 35.4 Å². The minimum Gasteiger partial charge on any atom is -0.496 e. The number of hydrogen-bond donors (Lipinski definition) is 1. The number of methoxy groups -OCH3 is 1. The highest BCUT2D eigenvalue weighted by Crippen LogP contribution is 2.26. The van der Waals surface area contributed by atoms with Crippen molar-refractivity contribution < 1.29 is 9.84 Å². The monoisotopic (exact) mass is 206 g/mol. The molecular weight excluding hydrogens is 188 g/mol. The predicted molar refractivity (Wildman–Crippen MR) is 63.1 cm³/mol. The van der Waals surface area contributed by atoms with Crippen LogP contribution in [0, 0.1) is 6.92 Å². The summed E-state index contributed by atoms with van der Waals surface area (Å²) in [6.45, 7) is 4.26. The molecule has 0 aliphatic rings. The lowest BCUT2D eigenvalue weighted by Gasteiger charge is -2.09. The summed E-state index contributed by atoms with van der Waals surface area (Å²) >= 11 is 0. The first-order valence-electron chi connectivity index (χ1n) is 5.11. The van der Waals surface area contributed by atoms with Crippen LogP contribution in [0.4, 0.5) is 0 Å². The fourth-order valence-corrected chi connectivity index (χ4v) is 1.52. The van der Waals surface area contributed by atoms with Crippen LogP contribution in [0.3, 0.4) is 0 Å². The van der Waals surface area contributed by atoms with Crippen LogP contribution in [0.2, 0.25) is 0 Å². The molecule has 1 N–H and O–H groups in total. The molecule has 1 aromatic carbocycles. The lowest BCUT2D eigenvalue weighted by Crippen LogP contribution is -1.91. The Morgan fingerprint density at radius 2 is 2.20 bits per heavy atom. The van der Waals surface area contributed by atoms with Crippen LogP contribution in [0.5, 0.6) is 5.75 Å². The van der Waals surface area contributed by atoms with Crippen LogP contribution < -0.4 is 4.74 Å². The van der Waals surface area contributed by atoms with E-state index < -0.39 is 0 Å². The molecule has 0 unspecified atom stereocenters. The first-order chi connectivity index (χ1) is 7.19. The molecule has 0 aromatic heterocycles. The van der Waals surface area contributed by atoms with E-state index in [0.29, 0.717) is 6.42 Å². The minimum atomic E-state index is 0.186. The van der Waals surface area contributed by atoms with Gasteiger partial charge in [-0.2, -0.15) is 0 Å². The van der Waals surface area contributed by atoms with Gasteiger partial charge in [0.1, 0.15) is 5.75 Å². The Bertz CT molecular complexity index is 354. The SMILES string of the molecule is COc1cc(C)ccc1C(C)=CCCO. The van der Waals surface area contributed by atoms with Gasteiger partial charge in [0.05, 0.1) is 7.11 Å². The van der Waals surface area contributed by atoms with E-state index in [0.717, 1.165) is 16.9 Å². The predicted octanol–water partition coefficient (Wildman–Crippen LogP) is 2.79. The maximum absolute atomic E-state index is 8.76. The molecule has 1 aromatic rings.